The molecule has 2 rings (SSSR count). The van der Waals surface area contributed by atoms with Gasteiger partial charge in [-0.3, -0.25) is 0 Å². The summed E-state index contributed by atoms with van der Waals surface area (Å²) < 4.78 is 5.62. The Morgan fingerprint density at radius 2 is 2.18 bits per heavy atom. The minimum absolute atomic E-state index is 0.0553. The van der Waals surface area contributed by atoms with E-state index in [0.29, 0.717) is 6.10 Å². The molecule has 0 aliphatic carbocycles. The van der Waals surface area contributed by atoms with Crippen molar-refractivity contribution in [2.24, 2.45) is 0 Å². The number of aliphatic hydroxyl groups excluding tert-OH is 1. The van der Waals surface area contributed by atoms with Crippen molar-refractivity contribution in [1.29, 1.82) is 0 Å². The second kappa shape index (κ2) is 5.98. The number of hydrogen-bond donors (Lipinski definition) is 1. The molecule has 1 saturated heterocycles. The average molecular weight is 236 g/mol. The van der Waals surface area contributed by atoms with Gasteiger partial charge in [0, 0.05) is 25.9 Å². The summed E-state index contributed by atoms with van der Waals surface area (Å²) in [4.78, 5) is 6.64. The summed E-state index contributed by atoms with van der Waals surface area (Å²) in [5, 5.41) is 8.96. The third-order valence-corrected chi connectivity index (χ3v) is 3.16. The van der Waals surface area contributed by atoms with Crippen molar-refractivity contribution in [1.82, 2.24) is 4.98 Å². The highest BCUT2D eigenvalue weighted by atomic mass is 16.5. The number of aliphatic hydroxyl groups is 1. The van der Waals surface area contributed by atoms with Crippen LogP contribution < -0.4 is 4.90 Å². The van der Waals surface area contributed by atoms with Gasteiger partial charge in [-0.05, 0) is 31.4 Å². The molecule has 1 fully saturated rings. The molecule has 0 unspecified atom stereocenters. The molecule has 0 saturated carbocycles. The molecule has 1 aromatic heterocycles. The Bertz CT molecular complexity index is 332. The molecule has 1 N–H and O–H groups in total. The lowest BCUT2D eigenvalue weighted by atomic mass is 10.1. The van der Waals surface area contributed by atoms with E-state index in [1.54, 1.807) is 6.20 Å². The van der Waals surface area contributed by atoms with Gasteiger partial charge in [-0.2, -0.15) is 0 Å². The fourth-order valence-corrected chi connectivity index (χ4v) is 2.18. The van der Waals surface area contributed by atoms with E-state index >= 15 is 0 Å². The average Bonchev–Trinajstić information content (AvgIpc) is 2.40. The molecule has 0 bridgehead atoms. The van der Waals surface area contributed by atoms with Gasteiger partial charge in [0.1, 0.15) is 5.82 Å². The highest BCUT2D eigenvalue weighted by molar-refractivity contribution is 5.39. The maximum Gasteiger partial charge on any atom is 0.128 e. The number of anilines is 1. The summed E-state index contributed by atoms with van der Waals surface area (Å²) in [6, 6.07) is 3.91. The van der Waals surface area contributed by atoms with Crippen molar-refractivity contribution in [3.05, 3.63) is 23.9 Å². The molecular formula is C13H20N2O2. The second-order valence-electron chi connectivity index (χ2n) is 4.32. The molecule has 4 nitrogen and oxygen atoms in total. The van der Waals surface area contributed by atoms with Gasteiger partial charge in [-0.15, -0.1) is 0 Å². The number of piperidine rings is 1. The monoisotopic (exact) mass is 236 g/mol. The normalized spacial score (nSPS) is 17.4. The third-order valence-electron chi connectivity index (χ3n) is 3.16. The summed E-state index contributed by atoms with van der Waals surface area (Å²) in [6.07, 6.45) is 4.28. The SMILES string of the molecule is CCOC1CCN(c2ccc(CO)cn2)CC1. The van der Waals surface area contributed by atoms with Gasteiger partial charge in [0.25, 0.3) is 0 Å². The minimum atomic E-state index is 0.0553. The van der Waals surface area contributed by atoms with Gasteiger partial charge >= 0.3 is 0 Å². The number of aromatic nitrogens is 1. The van der Waals surface area contributed by atoms with E-state index in [1.807, 2.05) is 19.1 Å². The quantitative estimate of drug-likeness (QED) is 0.862. The minimum Gasteiger partial charge on any atom is -0.392 e. The molecule has 0 aromatic carbocycles. The standard InChI is InChI=1S/C13H20N2O2/c1-2-17-12-5-7-15(8-6-12)13-4-3-11(10-16)9-14-13/h3-4,9,12,16H,2,5-8,10H2,1H3. The maximum absolute atomic E-state index is 8.96. The highest BCUT2D eigenvalue weighted by Crippen LogP contribution is 2.19. The first-order chi connectivity index (χ1) is 8.33. The Morgan fingerprint density at radius 3 is 2.71 bits per heavy atom. The van der Waals surface area contributed by atoms with Crippen molar-refractivity contribution in [3.63, 3.8) is 0 Å². The van der Waals surface area contributed by atoms with Gasteiger partial charge < -0.3 is 14.7 Å². The van der Waals surface area contributed by atoms with Gasteiger partial charge in [0.05, 0.1) is 12.7 Å². The van der Waals surface area contributed by atoms with E-state index < -0.39 is 0 Å². The number of ether oxygens (including phenoxy) is 1. The topological polar surface area (TPSA) is 45.6 Å². The predicted molar refractivity (Wildman–Crippen MR) is 67.0 cm³/mol. The first-order valence-corrected chi connectivity index (χ1v) is 6.25. The number of hydrogen-bond acceptors (Lipinski definition) is 4. The van der Waals surface area contributed by atoms with E-state index in [2.05, 4.69) is 9.88 Å². The molecule has 0 atom stereocenters. The Hall–Kier alpha value is -1.13. The molecule has 4 heteroatoms. The van der Waals surface area contributed by atoms with Crippen molar-refractivity contribution in [2.75, 3.05) is 24.6 Å². The first-order valence-electron chi connectivity index (χ1n) is 6.25. The largest absolute Gasteiger partial charge is 0.392 e. The van der Waals surface area contributed by atoms with Crippen molar-refractivity contribution in [2.45, 2.75) is 32.5 Å². The second-order valence-corrected chi connectivity index (χ2v) is 4.32. The van der Waals surface area contributed by atoms with Crippen molar-refractivity contribution >= 4 is 5.82 Å². The maximum atomic E-state index is 8.96. The Kier molecular flexibility index (Phi) is 4.34. The van der Waals surface area contributed by atoms with Crippen LogP contribution in [0.15, 0.2) is 18.3 Å². The van der Waals surface area contributed by atoms with Crippen LogP contribution in [0.25, 0.3) is 0 Å². The molecule has 1 aromatic rings. The number of pyridine rings is 1. The zero-order valence-electron chi connectivity index (χ0n) is 10.3. The van der Waals surface area contributed by atoms with Crippen LogP contribution in [0, 0.1) is 0 Å². The van der Waals surface area contributed by atoms with Crippen LogP contribution in [0.4, 0.5) is 5.82 Å². The van der Waals surface area contributed by atoms with Gasteiger partial charge in [-0.1, -0.05) is 6.07 Å². The van der Waals surface area contributed by atoms with Gasteiger partial charge in [-0.25, -0.2) is 4.98 Å². The van der Waals surface area contributed by atoms with Crippen molar-refractivity contribution in [3.8, 4) is 0 Å². The van der Waals surface area contributed by atoms with Crippen LogP contribution in [0.3, 0.4) is 0 Å². The van der Waals surface area contributed by atoms with Crippen LogP contribution in [0.5, 0.6) is 0 Å². The summed E-state index contributed by atoms with van der Waals surface area (Å²) >= 11 is 0. The Labute approximate surface area is 102 Å². The van der Waals surface area contributed by atoms with Crippen LogP contribution in [-0.2, 0) is 11.3 Å². The Morgan fingerprint density at radius 1 is 1.41 bits per heavy atom. The van der Waals surface area contributed by atoms with Gasteiger partial charge in [0.2, 0.25) is 0 Å². The summed E-state index contributed by atoms with van der Waals surface area (Å²) in [6.45, 7) is 4.89. The molecular weight excluding hydrogens is 216 g/mol. The predicted octanol–water partition coefficient (Wildman–Crippen LogP) is 1.58. The molecule has 0 amide bonds. The lowest BCUT2D eigenvalue weighted by Gasteiger charge is -2.32. The summed E-state index contributed by atoms with van der Waals surface area (Å²) in [5.41, 5.74) is 0.859. The molecule has 1 aliphatic rings. The molecule has 1 aliphatic heterocycles. The fraction of sp³-hybridized carbons (Fsp3) is 0.615. The highest BCUT2D eigenvalue weighted by Gasteiger charge is 2.19. The van der Waals surface area contributed by atoms with Crippen molar-refractivity contribution < 1.29 is 9.84 Å². The van der Waals surface area contributed by atoms with E-state index in [-0.39, 0.29) is 6.61 Å². The number of rotatable bonds is 4. The van der Waals surface area contributed by atoms with Crippen LogP contribution in [0.2, 0.25) is 0 Å². The molecule has 0 radical (unpaired) electrons. The molecule has 2 heterocycles. The molecule has 0 spiro atoms. The van der Waals surface area contributed by atoms with E-state index in [4.69, 9.17) is 9.84 Å². The molecule has 94 valence electrons. The summed E-state index contributed by atoms with van der Waals surface area (Å²) in [5.74, 6) is 0.997. The fourth-order valence-electron chi connectivity index (χ4n) is 2.18. The molecule has 17 heavy (non-hydrogen) atoms. The van der Waals surface area contributed by atoms with Crippen LogP contribution >= 0.6 is 0 Å². The Balaban J connectivity index is 1.91. The zero-order chi connectivity index (χ0) is 12.1. The van der Waals surface area contributed by atoms with E-state index in [9.17, 15) is 0 Å². The number of nitrogens with zero attached hydrogens (tertiary/aromatic N) is 2. The smallest absolute Gasteiger partial charge is 0.128 e. The van der Waals surface area contributed by atoms with E-state index in [0.717, 1.165) is 43.9 Å². The van der Waals surface area contributed by atoms with E-state index in [1.165, 1.54) is 0 Å². The summed E-state index contributed by atoms with van der Waals surface area (Å²) in [7, 11) is 0. The van der Waals surface area contributed by atoms with Crippen LogP contribution in [0.1, 0.15) is 25.3 Å². The van der Waals surface area contributed by atoms with Gasteiger partial charge in [0.15, 0.2) is 0 Å². The first kappa shape index (κ1) is 12.3. The zero-order valence-corrected chi connectivity index (χ0v) is 10.3. The van der Waals surface area contributed by atoms with Crippen LogP contribution in [-0.4, -0.2) is 35.9 Å². The lowest BCUT2D eigenvalue weighted by Crippen LogP contribution is -2.37. The lowest BCUT2D eigenvalue weighted by molar-refractivity contribution is 0.0458. The third kappa shape index (κ3) is 3.17.